The molecule has 31 heavy (non-hydrogen) atoms. The van der Waals surface area contributed by atoms with Crippen molar-refractivity contribution in [3.05, 3.63) is 41.6 Å². The van der Waals surface area contributed by atoms with E-state index in [9.17, 15) is 32.3 Å². The van der Waals surface area contributed by atoms with E-state index in [0.717, 1.165) is 37.6 Å². The first-order valence-corrected chi connectivity index (χ1v) is 8.44. The predicted molar refractivity (Wildman–Crippen MR) is 99.5 cm³/mol. The van der Waals surface area contributed by atoms with Gasteiger partial charge in [0, 0.05) is 31.7 Å². The van der Waals surface area contributed by atoms with E-state index in [1.165, 1.54) is 14.2 Å². The van der Waals surface area contributed by atoms with Crippen LogP contribution in [-0.2, 0) is 28.6 Å². The molecule has 0 atom stereocenters. The van der Waals surface area contributed by atoms with Crippen molar-refractivity contribution >= 4 is 29.4 Å². The minimum Gasteiger partial charge on any atom is -0.465 e. The molecule has 1 aromatic rings. The molecule has 0 heterocycles. The summed E-state index contributed by atoms with van der Waals surface area (Å²) in [5.41, 5.74) is -0.740. The van der Waals surface area contributed by atoms with Gasteiger partial charge in [-0.25, -0.2) is 4.79 Å². The van der Waals surface area contributed by atoms with E-state index in [0.29, 0.717) is 0 Å². The number of hydrogen-bond acceptors (Lipinski definition) is 7. The lowest BCUT2D eigenvalue weighted by molar-refractivity contribution is -0.167. The maximum Gasteiger partial charge on any atom is 0.471 e. The SMILES string of the molecule is COC(=O)/C(=C/NC(=O)c1ccc(NC(=O)C(F)(F)F)cc1)C(=O)NCC(OC)OC. The van der Waals surface area contributed by atoms with Gasteiger partial charge in [-0.05, 0) is 24.3 Å². The molecule has 3 amide bonds. The topological polar surface area (TPSA) is 132 Å². The van der Waals surface area contributed by atoms with E-state index in [4.69, 9.17) is 9.47 Å². The van der Waals surface area contributed by atoms with Gasteiger partial charge in [-0.15, -0.1) is 0 Å². The summed E-state index contributed by atoms with van der Waals surface area (Å²) in [6.07, 6.45) is -5.01. The molecule has 1 aromatic carbocycles. The Labute approximate surface area is 174 Å². The van der Waals surface area contributed by atoms with Crippen LogP contribution in [0.25, 0.3) is 0 Å². The van der Waals surface area contributed by atoms with Crippen LogP contribution in [0.3, 0.4) is 0 Å². The Morgan fingerprint density at radius 2 is 1.61 bits per heavy atom. The van der Waals surface area contributed by atoms with Crippen LogP contribution in [0.1, 0.15) is 10.4 Å². The molecule has 0 bridgehead atoms. The Morgan fingerprint density at radius 1 is 1.03 bits per heavy atom. The highest BCUT2D eigenvalue weighted by Gasteiger charge is 2.38. The van der Waals surface area contributed by atoms with E-state index < -0.39 is 41.7 Å². The van der Waals surface area contributed by atoms with E-state index in [2.05, 4.69) is 15.4 Å². The molecule has 0 saturated carbocycles. The Morgan fingerprint density at radius 3 is 2.10 bits per heavy atom. The summed E-state index contributed by atoms with van der Waals surface area (Å²) < 4.78 is 51.0. The van der Waals surface area contributed by atoms with Gasteiger partial charge in [-0.3, -0.25) is 14.4 Å². The standard InChI is InChI=1S/C18H20F3N3O7/c1-29-13(30-2)9-23-15(26)12(16(27)31-3)8-22-14(25)10-4-6-11(7-5-10)24-17(28)18(19,20)21/h4-8,13H,9H2,1-3H3,(H,22,25)(H,23,26)(H,24,28)/b12-8+. The molecule has 1 rings (SSSR count). The molecule has 0 unspecified atom stereocenters. The number of hydrogen-bond donors (Lipinski definition) is 3. The number of ether oxygens (including phenoxy) is 3. The van der Waals surface area contributed by atoms with Gasteiger partial charge in [0.2, 0.25) is 0 Å². The number of methoxy groups -OCH3 is 3. The number of alkyl halides is 3. The van der Waals surface area contributed by atoms with Gasteiger partial charge in [0.15, 0.2) is 6.29 Å². The number of nitrogens with one attached hydrogen (secondary N) is 3. The van der Waals surface area contributed by atoms with Gasteiger partial charge < -0.3 is 30.2 Å². The third-order valence-corrected chi connectivity index (χ3v) is 3.62. The van der Waals surface area contributed by atoms with Crippen molar-refractivity contribution in [2.24, 2.45) is 0 Å². The van der Waals surface area contributed by atoms with Crippen molar-refractivity contribution < 1.29 is 46.6 Å². The van der Waals surface area contributed by atoms with Crippen molar-refractivity contribution in [3.8, 4) is 0 Å². The molecule has 0 aliphatic rings. The highest BCUT2D eigenvalue weighted by atomic mass is 19.4. The molecule has 10 nitrogen and oxygen atoms in total. The molecule has 13 heteroatoms. The van der Waals surface area contributed by atoms with Crippen LogP contribution in [0.15, 0.2) is 36.0 Å². The van der Waals surface area contributed by atoms with Crippen LogP contribution < -0.4 is 16.0 Å². The number of anilines is 1. The number of carbonyl (C=O) groups is 4. The lowest BCUT2D eigenvalue weighted by atomic mass is 10.2. The van der Waals surface area contributed by atoms with Crippen molar-refractivity contribution in [3.63, 3.8) is 0 Å². The second-order valence-corrected chi connectivity index (χ2v) is 5.66. The summed E-state index contributed by atoms with van der Waals surface area (Å²) in [7, 11) is 3.72. The third kappa shape index (κ3) is 8.06. The van der Waals surface area contributed by atoms with Crippen LogP contribution in [-0.4, -0.2) is 64.0 Å². The zero-order chi connectivity index (χ0) is 23.6. The second kappa shape index (κ2) is 11.7. The summed E-state index contributed by atoms with van der Waals surface area (Å²) in [6, 6.07) is 4.42. The van der Waals surface area contributed by atoms with E-state index in [1.54, 1.807) is 5.32 Å². The largest absolute Gasteiger partial charge is 0.471 e. The molecular weight excluding hydrogens is 427 g/mol. The molecular formula is C18H20F3N3O7. The van der Waals surface area contributed by atoms with E-state index in [-0.39, 0.29) is 17.8 Å². The van der Waals surface area contributed by atoms with Crippen molar-refractivity contribution in [1.82, 2.24) is 10.6 Å². The molecule has 0 fully saturated rings. The Bertz CT molecular complexity index is 835. The summed E-state index contributed by atoms with van der Waals surface area (Å²) in [5.74, 6) is -4.86. The van der Waals surface area contributed by atoms with Crippen LogP contribution in [0, 0.1) is 0 Å². The van der Waals surface area contributed by atoms with Gasteiger partial charge in [0.25, 0.3) is 11.8 Å². The minimum atomic E-state index is -5.06. The highest BCUT2D eigenvalue weighted by Crippen LogP contribution is 2.18. The van der Waals surface area contributed by atoms with Crippen molar-refractivity contribution in [2.75, 3.05) is 33.2 Å². The van der Waals surface area contributed by atoms with Crippen molar-refractivity contribution in [1.29, 1.82) is 0 Å². The van der Waals surface area contributed by atoms with Gasteiger partial charge >= 0.3 is 18.1 Å². The molecule has 0 spiro atoms. The first-order valence-electron chi connectivity index (χ1n) is 8.44. The Balaban J connectivity index is 2.84. The van der Waals surface area contributed by atoms with Crippen LogP contribution in [0.4, 0.5) is 18.9 Å². The number of amides is 3. The number of rotatable bonds is 9. The fraction of sp³-hybridized carbons (Fsp3) is 0.333. The summed E-state index contributed by atoms with van der Waals surface area (Å²) in [5, 5.41) is 6.19. The third-order valence-electron chi connectivity index (χ3n) is 3.62. The predicted octanol–water partition coefficient (Wildman–Crippen LogP) is 0.709. The zero-order valence-corrected chi connectivity index (χ0v) is 16.7. The van der Waals surface area contributed by atoms with E-state index >= 15 is 0 Å². The number of halogens is 3. The Hall–Kier alpha value is -3.45. The average molecular weight is 447 g/mol. The average Bonchev–Trinajstić information content (AvgIpc) is 2.73. The summed E-state index contributed by atoms with van der Waals surface area (Å²) >= 11 is 0. The molecule has 0 saturated heterocycles. The smallest absolute Gasteiger partial charge is 0.465 e. The molecule has 3 N–H and O–H groups in total. The van der Waals surface area contributed by atoms with Crippen LogP contribution >= 0.6 is 0 Å². The first-order chi connectivity index (χ1) is 14.5. The molecule has 0 aliphatic carbocycles. The Kier molecular flexibility index (Phi) is 9.63. The maximum absolute atomic E-state index is 12.3. The monoisotopic (exact) mass is 447 g/mol. The molecule has 0 radical (unpaired) electrons. The maximum atomic E-state index is 12.3. The summed E-state index contributed by atoms with van der Waals surface area (Å²) in [6.45, 7) is -0.0980. The van der Waals surface area contributed by atoms with Crippen LogP contribution in [0.5, 0.6) is 0 Å². The van der Waals surface area contributed by atoms with Crippen LogP contribution in [0.2, 0.25) is 0 Å². The lowest BCUT2D eigenvalue weighted by Crippen LogP contribution is -2.37. The number of benzene rings is 1. The lowest BCUT2D eigenvalue weighted by Gasteiger charge is -2.14. The number of carbonyl (C=O) groups excluding carboxylic acids is 4. The fourth-order valence-corrected chi connectivity index (χ4v) is 1.99. The fourth-order valence-electron chi connectivity index (χ4n) is 1.99. The molecule has 0 aliphatic heterocycles. The summed E-state index contributed by atoms with van der Waals surface area (Å²) in [4.78, 5) is 47.1. The first kappa shape index (κ1) is 25.6. The zero-order valence-electron chi connectivity index (χ0n) is 16.7. The van der Waals surface area contributed by atoms with E-state index in [1.807, 2.05) is 0 Å². The van der Waals surface area contributed by atoms with Crippen molar-refractivity contribution in [2.45, 2.75) is 12.5 Å². The minimum absolute atomic E-state index is 0.0234. The second-order valence-electron chi connectivity index (χ2n) is 5.66. The highest BCUT2D eigenvalue weighted by molar-refractivity contribution is 6.16. The van der Waals surface area contributed by atoms with Gasteiger partial charge in [-0.1, -0.05) is 0 Å². The van der Waals surface area contributed by atoms with Gasteiger partial charge in [0.1, 0.15) is 5.57 Å². The number of esters is 1. The molecule has 0 aromatic heterocycles. The van der Waals surface area contributed by atoms with Gasteiger partial charge in [0.05, 0.1) is 13.7 Å². The van der Waals surface area contributed by atoms with Gasteiger partial charge in [-0.2, -0.15) is 13.2 Å². The molecule has 170 valence electrons. The normalized spacial score (nSPS) is 11.6. The quantitative estimate of drug-likeness (QED) is 0.167.